The second-order valence-corrected chi connectivity index (χ2v) is 7.37. The molecule has 1 aliphatic carbocycles. The normalized spacial score (nSPS) is 13.2. The molecule has 6 heteroatoms. The maximum absolute atomic E-state index is 12.4. The maximum atomic E-state index is 12.4. The van der Waals surface area contributed by atoms with Crippen LogP contribution in [0, 0.1) is 6.92 Å². The van der Waals surface area contributed by atoms with Gasteiger partial charge in [0.1, 0.15) is 12.6 Å². The molecule has 1 amide bonds. The standard InChI is InChI=1S/C24H22N2O4/c1-15-10-11-16(13-25-15)12-22(23(27)28)26-24(29)30-14-21-19-8-4-2-6-17(19)18-7-3-5-9-20(18)21/h2-11,13,21-22H,12,14H2,1H3,(H,26,29)(H,27,28)/t22-/m0/s1. The van der Waals surface area contributed by atoms with Gasteiger partial charge in [0.25, 0.3) is 0 Å². The number of alkyl carbamates (subject to hydrolysis) is 1. The minimum atomic E-state index is -1.12. The van der Waals surface area contributed by atoms with Crippen LogP contribution in [0.4, 0.5) is 4.79 Å². The van der Waals surface area contributed by atoms with Gasteiger partial charge in [0, 0.05) is 24.2 Å². The predicted molar refractivity (Wildman–Crippen MR) is 112 cm³/mol. The molecular weight excluding hydrogens is 380 g/mol. The first-order valence-electron chi connectivity index (χ1n) is 9.79. The van der Waals surface area contributed by atoms with Crippen LogP contribution in [-0.4, -0.2) is 34.8 Å². The second-order valence-electron chi connectivity index (χ2n) is 7.37. The Kier molecular flexibility index (Phi) is 5.48. The van der Waals surface area contributed by atoms with Crippen molar-refractivity contribution in [2.45, 2.75) is 25.3 Å². The van der Waals surface area contributed by atoms with E-state index in [1.165, 1.54) is 0 Å². The van der Waals surface area contributed by atoms with Crippen LogP contribution in [0.2, 0.25) is 0 Å². The van der Waals surface area contributed by atoms with E-state index >= 15 is 0 Å². The molecule has 0 spiro atoms. The zero-order valence-electron chi connectivity index (χ0n) is 16.5. The van der Waals surface area contributed by atoms with E-state index in [9.17, 15) is 14.7 Å². The van der Waals surface area contributed by atoms with Gasteiger partial charge in [-0.1, -0.05) is 54.6 Å². The fraction of sp³-hybridized carbons (Fsp3) is 0.208. The molecule has 0 aliphatic heterocycles. The average molecular weight is 402 g/mol. The van der Waals surface area contributed by atoms with Crippen molar-refractivity contribution in [2.75, 3.05) is 6.61 Å². The molecule has 0 saturated carbocycles. The van der Waals surface area contributed by atoms with Gasteiger partial charge in [0.05, 0.1) is 0 Å². The molecule has 2 N–H and O–H groups in total. The number of nitrogens with one attached hydrogen (secondary N) is 1. The van der Waals surface area contributed by atoms with E-state index < -0.39 is 18.1 Å². The molecule has 1 atom stereocenters. The molecule has 0 unspecified atom stereocenters. The number of aryl methyl sites for hydroxylation is 1. The summed E-state index contributed by atoms with van der Waals surface area (Å²) < 4.78 is 5.45. The number of aliphatic carboxylic acids is 1. The molecule has 6 nitrogen and oxygen atoms in total. The molecule has 3 aromatic rings. The van der Waals surface area contributed by atoms with E-state index in [1.54, 1.807) is 12.3 Å². The molecule has 0 fully saturated rings. The van der Waals surface area contributed by atoms with E-state index in [1.807, 2.05) is 49.4 Å². The molecule has 1 aromatic heterocycles. The van der Waals surface area contributed by atoms with Crippen molar-refractivity contribution < 1.29 is 19.4 Å². The summed E-state index contributed by atoms with van der Waals surface area (Å²) in [5.74, 6) is -1.20. The molecule has 152 valence electrons. The van der Waals surface area contributed by atoms with Crippen LogP contribution >= 0.6 is 0 Å². The molecular formula is C24H22N2O4. The highest BCUT2D eigenvalue weighted by Gasteiger charge is 2.29. The number of benzene rings is 2. The van der Waals surface area contributed by atoms with Gasteiger partial charge in [0.15, 0.2) is 0 Å². The van der Waals surface area contributed by atoms with Crippen molar-refractivity contribution in [3.63, 3.8) is 0 Å². The first-order valence-corrected chi connectivity index (χ1v) is 9.79. The minimum Gasteiger partial charge on any atom is -0.480 e. The van der Waals surface area contributed by atoms with Gasteiger partial charge in [-0.25, -0.2) is 9.59 Å². The van der Waals surface area contributed by atoms with Gasteiger partial charge >= 0.3 is 12.1 Å². The second kappa shape index (κ2) is 8.37. The highest BCUT2D eigenvalue weighted by Crippen LogP contribution is 2.44. The Balaban J connectivity index is 1.43. The third-order valence-corrected chi connectivity index (χ3v) is 5.35. The number of carboxylic acids is 1. The highest BCUT2D eigenvalue weighted by molar-refractivity contribution is 5.81. The van der Waals surface area contributed by atoms with Crippen LogP contribution in [0.1, 0.15) is 28.3 Å². The third-order valence-electron chi connectivity index (χ3n) is 5.35. The number of aromatic nitrogens is 1. The monoisotopic (exact) mass is 402 g/mol. The summed E-state index contributed by atoms with van der Waals surface area (Å²) in [5.41, 5.74) is 6.05. The Labute approximate surface area is 174 Å². The number of rotatable bonds is 6. The number of carbonyl (C=O) groups excluding carboxylic acids is 1. The SMILES string of the molecule is Cc1ccc(C[C@H](NC(=O)OCC2c3ccccc3-c3ccccc32)C(=O)O)cn1. The smallest absolute Gasteiger partial charge is 0.407 e. The molecule has 1 heterocycles. The molecule has 1 aliphatic rings. The van der Waals surface area contributed by atoms with Crippen molar-refractivity contribution in [2.24, 2.45) is 0 Å². The quantitative estimate of drug-likeness (QED) is 0.652. The largest absolute Gasteiger partial charge is 0.480 e. The number of ether oxygens (including phenoxy) is 1. The number of amides is 1. The lowest BCUT2D eigenvalue weighted by atomic mass is 9.98. The summed E-state index contributed by atoms with van der Waals surface area (Å²) in [6, 6.07) is 18.6. The number of hydrogen-bond acceptors (Lipinski definition) is 4. The predicted octanol–water partition coefficient (Wildman–Crippen LogP) is 3.92. The maximum Gasteiger partial charge on any atom is 0.407 e. The molecule has 0 bridgehead atoms. The molecule has 2 aromatic carbocycles. The third kappa shape index (κ3) is 4.03. The average Bonchev–Trinajstić information content (AvgIpc) is 3.07. The van der Waals surface area contributed by atoms with E-state index in [2.05, 4.69) is 22.4 Å². The Hall–Kier alpha value is -3.67. The fourth-order valence-electron chi connectivity index (χ4n) is 3.84. The van der Waals surface area contributed by atoms with Crippen LogP contribution in [0.5, 0.6) is 0 Å². The minimum absolute atomic E-state index is 0.0762. The Morgan fingerprint density at radius 3 is 2.23 bits per heavy atom. The van der Waals surface area contributed by atoms with Gasteiger partial charge < -0.3 is 15.2 Å². The van der Waals surface area contributed by atoms with Crippen LogP contribution < -0.4 is 5.32 Å². The molecule has 0 saturated heterocycles. The van der Waals surface area contributed by atoms with Crippen LogP contribution in [0.25, 0.3) is 11.1 Å². The van der Waals surface area contributed by atoms with Gasteiger partial charge in [0.2, 0.25) is 0 Å². The Morgan fingerprint density at radius 1 is 1.03 bits per heavy atom. The van der Waals surface area contributed by atoms with Crippen molar-refractivity contribution in [3.8, 4) is 11.1 Å². The summed E-state index contributed by atoms with van der Waals surface area (Å²) in [5, 5.41) is 12.0. The van der Waals surface area contributed by atoms with Crippen molar-refractivity contribution in [1.82, 2.24) is 10.3 Å². The lowest BCUT2D eigenvalue weighted by molar-refractivity contribution is -0.139. The van der Waals surface area contributed by atoms with Crippen LogP contribution in [0.15, 0.2) is 66.9 Å². The number of carbonyl (C=O) groups is 2. The first-order chi connectivity index (χ1) is 14.5. The number of carboxylic acid groups (broad SMARTS) is 1. The number of fused-ring (bicyclic) bond motifs is 3. The Morgan fingerprint density at radius 2 is 1.67 bits per heavy atom. The lowest BCUT2D eigenvalue weighted by Gasteiger charge is -2.17. The summed E-state index contributed by atoms with van der Waals surface area (Å²) in [7, 11) is 0. The number of nitrogens with zero attached hydrogens (tertiary/aromatic N) is 1. The number of pyridine rings is 1. The fourth-order valence-corrected chi connectivity index (χ4v) is 3.84. The summed E-state index contributed by atoms with van der Waals surface area (Å²) in [4.78, 5) is 28.1. The lowest BCUT2D eigenvalue weighted by Crippen LogP contribution is -2.42. The van der Waals surface area contributed by atoms with Crippen molar-refractivity contribution in [3.05, 3.63) is 89.2 Å². The van der Waals surface area contributed by atoms with Gasteiger partial charge in [-0.2, -0.15) is 0 Å². The molecule has 4 rings (SSSR count). The summed E-state index contributed by atoms with van der Waals surface area (Å²) in [6.45, 7) is 1.99. The zero-order valence-corrected chi connectivity index (χ0v) is 16.5. The van der Waals surface area contributed by atoms with Crippen LogP contribution in [0.3, 0.4) is 0 Å². The Bertz CT molecular complexity index is 1030. The van der Waals surface area contributed by atoms with E-state index in [4.69, 9.17) is 4.74 Å². The molecule has 30 heavy (non-hydrogen) atoms. The van der Waals surface area contributed by atoms with E-state index in [0.29, 0.717) is 0 Å². The molecule has 0 radical (unpaired) electrons. The number of hydrogen-bond donors (Lipinski definition) is 2. The van der Waals surface area contributed by atoms with Gasteiger partial charge in [-0.05, 0) is 40.8 Å². The van der Waals surface area contributed by atoms with Crippen LogP contribution in [-0.2, 0) is 16.0 Å². The zero-order chi connectivity index (χ0) is 21.1. The van der Waals surface area contributed by atoms with E-state index in [-0.39, 0.29) is 18.9 Å². The topological polar surface area (TPSA) is 88.5 Å². The van der Waals surface area contributed by atoms with Crippen molar-refractivity contribution in [1.29, 1.82) is 0 Å². The highest BCUT2D eigenvalue weighted by atomic mass is 16.5. The van der Waals surface area contributed by atoms with Gasteiger partial charge in [-0.3, -0.25) is 4.98 Å². The first kappa shape index (κ1) is 19.6. The summed E-state index contributed by atoms with van der Waals surface area (Å²) >= 11 is 0. The van der Waals surface area contributed by atoms with E-state index in [0.717, 1.165) is 33.5 Å². The van der Waals surface area contributed by atoms with Crippen molar-refractivity contribution >= 4 is 12.1 Å². The summed E-state index contributed by atoms with van der Waals surface area (Å²) in [6.07, 6.45) is 1.00. The van der Waals surface area contributed by atoms with Gasteiger partial charge in [-0.15, -0.1) is 0 Å².